The third-order valence-electron chi connectivity index (χ3n) is 4.98. The van der Waals surface area contributed by atoms with Gasteiger partial charge in [0, 0.05) is 0 Å². The molecule has 2 heteroatoms. The lowest BCUT2D eigenvalue weighted by molar-refractivity contribution is 0.735. The summed E-state index contributed by atoms with van der Waals surface area (Å²) in [6.45, 7) is 2.31. The van der Waals surface area contributed by atoms with Crippen molar-refractivity contribution in [1.29, 1.82) is 0 Å². The Labute approximate surface area is 107 Å². The highest BCUT2D eigenvalue weighted by molar-refractivity contribution is 7.22. The van der Waals surface area contributed by atoms with Crippen LogP contribution in [0.5, 0.6) is 0 Å². The second kappa shape index (κ2) is 5.91. The zero-order valence-electron chi connectivity index (χ0n) is 10.8. The molecule has 0 radical (unpaired) electrons. The summed E-state index contributed by atoms with van der Waals surface area (Å²) in [5.41, 5.74) is 1.95. The number of hydrogen-bond donors (Lipinski definition) is 0. The number of halogens is 1. The molecule has 0 N–H and O–H groups in total. The van der Waals surface area contributed by atoms with Crippen molar-refractivity contribution < 1.29 is 0 Å². The fourth-order valence-corrected chi connectivity index (χ4v) is 10.8. The van der Waals surface area contributed by atoms with Crippen LogP contribution in [0.2, 0.25) is 17.1 Å². The van der Waals surface area contributed by atoms with Crippen molar-refractivity contribution in [3.63, 3.8) is 0 Å². The lowest BCUT2D eigenvalue weighted by Gasteiger charge is -2.36. The van der Waals surface area contributed by atoms with Crippen LogP contribution in [0.15, 0.2) is 0 Å². The Morgan fingerprint density at radius 3 is 1.75 bits per heavy atom. The first kappa shape index (κ1) is 13.0. The highest BCUT2D eigenvalue weighted by atomic mass is 35.6. The maximum Gasteiger partial charge on any atom is 0.162 e. The van der Waals surface area contributed by atoms with Crippen molar-refractivity contribution in [2.24, 2.45) is 0 Å². The fraction of sp³-hybridized carbons (Fsp3) is 1.00. The third kappa shape index (κ3) is 2.67. The average Bonchev–Trinajstić information content (AvgIpc) is 2.96. The van der Waals surface area contributed by atoms with E-state index >= 15 is 0 Å². The van der Waals surface area contributed by atoms with Crippen LogP contribution in [0.3, 0.4) is 0 Å². The minimum absolute atomic E-state index is 0.976. The lowest BCUT2D eigenvalue weighted by atomic mass is 10.3. The highest BCUT2D eigenvalue weighted by Gasteiger charge is 2.47. The molecule has 0 aromatic rings. The van der Waals surface area contributed by atoms with Crippen LogP contribution >= 0.6 is 11.1 Å². The summed E-state index contributed by atoms with van der Waals surface area (Å²) in [6, 6.07) is 1.42. The SMILES string of the molecule is CCCC[Si](Cl)(C1CCCC1)C1CCCC1. The van der Waals surface area contributed by atoms with E-state index in [9.17, 15) is 0 Å². The van der Waals surface area contributed by atoms with Crippen molar-refractivity contribution >= 4 is 18.5 Å². The van der Waals surface area contributed by atoms with Crippen LogP contribution in [0.1, 0.15) is 71.1 Å². The van der Waals surface area contributed by atoms with Crippen molar-refractivity contribution in [2.75, 3.05) is 0 Å². The summed E-state index contributed by atoms with van der Waals surface area (Å²) in [5.74, 6) is 0. The predicted molar refractivity (Wildman–Crippen MR) is 75.8 cm³/mol. The Hall–Kier alpha value is 0.507. The molecule has 0 aromatic carbocycles. The summed E-state index contributed by atoms with van der Waals surface area (Å²) in [5, 5.41) is 0. The number of unbranched alkanes of at least 4 members (excludes halogenated alkanes) is 1. The molecule has 2 aliphatic carbocycles. The van der Waals surface area contributed by atoms with Gasteiger partial charge in [0.25, 0.3) is 0 Å². The first-order chi connectivity index (χ1) is 7.77. The van der Waals surface area contributed by atoms with Crippen molar-refractivity contribution in [1.82, 2.24) is 0 Å². The monoisotopic (exact) mass is 258 g/mol. The topological polar surface area (TPSA) is 0 Å². The van der Waals surface area contributed by atoms with Gasteiger partial charge in [-0.05, 0) is 17.1 Å². The van der Waals surface area contributed by atoms with Crippen LogP contribution in [0, 0.1) is 0 Å². The molecule has 0 bridgehead atoms. The largest absolute Gasteiger partial charge is 0.166 e. The minimum Gasteiger partial charge on any atom is -0.166 e. The summed E-state index contributed by atoms with van der Waals surface area (Å²) in [6.07, 6.45) is 14.5. The summed E-state index contributed by atoms with van der Waals surface area (Å²) in [4.78, 5) is 0. The second-order valence-corrected chi connectivity index (χ2v) is 12.1. The Bertz CT molecular complexity index is 189. The van der Waals surface area contributed by atoms with Gasteiger partial charge < -0.3 is 0 Å². The minimum atomic E-state index is -1.43. The summed E-state index contributed by atoms with van der Waals surface area (Å²) >= 11 is 7.27. The van der Waals surface area contributed by atoms with Crippen molar-refractivity contribution in [2.45, 2.75) is 88.3 Å². The van der Waals surface area contributed by atoms with Crippen molar-refractivity contribution in [3.8, 4) is 0 Å². The van der Waals surface area contributed by atoms with Gasteiger partial charge in [-0.15, -0.1) is 0 Å². The van der Waals surface area contributed by atoms with E-state index in [4.69, 9.17) is 11.1 Å². The highest BCUT2D eigenvalue weighted by Crippen LogP contribution is 2.54. The quantitative estimate of drug-likeness (QED) is 0.428. The summed E-state index contributed by atoms with van der Waals surface area (Å²) in [7, 11) is -1.43. The first-order valence-electron chi connectivity index (χ1n) is 7.46. The molecule has 0 spiro atoms. The molecule has 0 aromatic heterocycles. The number of hydrogen-bond acceptors (Lipinski definition) is 0. The van der Waals surface area contributed by atoms with Gasteiger partial charge in [0.2, 0.25) is 0 Å². The number of rotatable bonds is 5. The van der Waals surface area contributed by atoms with Gasteiger partial charge in [-0.2, -0.15) is 11.1 Å². The van der Waals surface area contributed by atoms with Crippen molar-refractivity contribution in [3.05, 3.63) is 0 Å². The van der Waals surface area contributed by atoms with E-state index in [-0.39, 0.29) is 0 Å². The van der Waals surface area contributed by atoms with E-state index < -0.39 is 7.38 Å². The van der Waals surface area contributed by atoms with E-state index in [0.29, 0.717) is 0 Å². The molecule has 0 heterocycles. The molecule has 2 aliphatic rings. The Kier molecular flexibility index (Phi) is 4.78. The maximum absolute atomic E-state index is 7.27. The van der Waals surface area contributed by atoms with Crippen LogP contribution in [-0.4, -0.2) is 7.38 Å². The van der Waals surface area contributed by atoms with E-state index in [1.165, 1.54) is 70.3 Å². The first-order valence-corrected chi connectivity index (χ1v) is 10.8. The standard InChI is InChI=1S/C14H27ClSi/c1-2-3-12-16(15,13-8-4-5-9-13)14-10-6-7-11-14/h13-14H,2-12H2,1H3. The van der Waals surface area contributed by atoms with Gasteiger partial charge in [0.1, 0.15) is 0 Å². The van der Waals surface area contributed by atoms with Gasteiger partial charge in [0.05, 0.1) is 0 Å². The zero-order valence-corrected chi connectivity index (χ0v) is 12.6. The van der Waals surface area contributed by atoms with E-state index in [1.807, 2.05) is 0 Å². The fourth-order valence-electron chi connectivity index (χ4n) is 4.00. The van der Waals surface area contributed by atoms with Gasteiger partial charge >= 0.3 is 0 Å². The normalized spacial score (nSPS) is 24.4. The average molecular weight is 259 g/mol. The molecule has 2 saturated carbocycles. The molecule has 0 atom stereocenters. The molecule has 94 valence electrons. The molecule has 2 rings (SSSR count). The van der Waals surface area contributed by atoms with E-state index in [1.54, 1.807) is 0 Å². The summed E-state index contributed by atoms with van der Waals surface area (Å²) < 4.78 is 0. The second-order valence-electron chi connectivity index (χ2n) is 5.99. The Morgan fingerprint density at radius 1 is 0.938 bits per heavy atom. The van der Waals surface area contributed by atoms with Crippen LogP contribution in [0.25, 0.3) is 0 Å². The molecular formula is C14H27ClSi. The third-order valence-corrected chi connectivity index (χ3v) is 12.4. The molecule has 16 heavy (non-hydrogen) atoms. The van der Waals surface area contributed by atoms with Gasteiger partial charge in [-0.3, -0.25) is 0 Å². The smallest absolute Gasteiger partial charge is 0.162 e. The van der Waals surface area contributed by atoms with E-state index in [0.717, 1.165) is 11.1 Å². The molecular weight excluding hydrogens is 232 g/mol. The molecule has 0 nitrogen and oxygen atoms in total. The Balaban J connectivity index is 2.03. The van der Waals surface area contributed by atoms with Crippen LogP contribution in [-0.2, 0) is 0 Å². The van der Waals surface area contributed by atoms with Crippen LogP contribution in [0.4, 0.5) is 0 Å². The molecule has 0 aliphatic heterocycles. The molecule has 2 fully saturated rings. The predicted octanol–water partition coefficient (Wildman–Crippen LogP) is 5.86. The molecule has 0 unspecified atom stereocenters. The van der Waals surface area contributed by atoms with Gasteiger partial charge in [-0.25, -0.2) is 0 Å². The van der Waals surface area contributed by atoms with E-state index in [2.05, 4.69) is 6.92 Å². The maximum atomic E-state index is 7.27. The lowest BCUT2D eigenvalue weighted by Crippen LogP contribution is -2.37. The zero-order chi connectivity index (χ0) is 11.4. The van der Waals surface area contributed by atoms with Crippen LogP contribution < -0.4 is 0 Å². The van der Waals surface area contributed by atoms with Gasteiger partial charge in [-0.1, -0.05) is 71.1 Å². The Morgan fingerprint density at radius 2 is 1.38 bits per heavy atom. The van der Waals surface area contributed by atoms with Gasteiger partial charge in [0.15, 0.2) is 7.38 Å². The molecule has 0 amide bonds. The molecule has 0 saturated heterocycles.